The highest BCUT2D eigenvalue weighted by Gasteiger charge is 2.50. The van der Waals surface area contributed by atoms with Crippen LogP contribution in [0.15, 0.2) is 0 Å². The second-order valence-electron chi connectivity index (χ2n) is 7.05. The molecule has 1 heteroatoms. The van der Waals surface area contributed by atoms with Gasteiger partial charge in [-0.3, -0.25) is 0 Å². The van der Waals surface area contributed by atoms with Gasteiger partial charge in [-0.25, -0.2) is 0 Å². The molecule has 0 aromatic rings. The molecule has 0 aliphatic heterocycles. The molecule has 3 aliphatic carbocycles. The normalized spacial score (nSPS) is 40.1. The van der Waals surface area contributed by atoms with E-state index < -0.39 is 0 Å². The number of fused-ring (bicyclic) bond motifs is 2. The first-order chi connectivity index (χ1) is 8.32. The molecule has 3 unspecified atom stereocenters. The standard InChI is InChI=1S/C16H29N/c1-2-3-4-9-16(12-17-15-7-8-15)11-13-5-6-14(16)10-13/h13-15,17H,2-12H2,1H3. The molecule has 1 N–H and O–H groups in total. The van der Waals surface area contributed by atoms with Gasteiger partial charge < -0.3 is 5.32 Å². The molecule has 0 radical (unpaired) electrons. The van der Waals surface area contributed by atoms with E-state index in [9.17, 15) is 0 Å². The van der Waals surface area contributed by atoms with Crippen LogP contribution in [0.3, 0.4) is 0 Å². The van der Waals surface area contributed by atoms with Gasteiger partial charge in [0.2, 0.25) is 0 Å². The van der Waals surface area contributed by atoms with Gasteiger partial charge in [-0.05, 0) is 55.8 Å². The van der Waals surface area contributed by atoms with Crippen LogP contribution in [0.1, 0.15) is 71.1 Å². The Bertz CT molecular complexity index is 258. The summed E-state index contributed by atoms with van der Waals surface area (Å²) in [5.74, 6) is 2.18. The molecular formula is C16H29N. The van der Waals surface area contributed by atoms with Gasteiger partial charge in [-0.2, -0.15) is 0 Å². The third kappa shape index (κ3) is 2.54. The topological polar surface area (TPSA) is 12.0 Å². The van der Waals surface area contributed by atoms with E-state index in [0.29, 0.717) is 0 Å². The second-order valence-corrected chi connectivity index (χ2v) is 7.05. The summed E-state index contributed by atoms with van der Waals surface area (Å²) in [7, 11) is 0. The van der Waals surface area contributed by atoms with Gasteiger partial charge >= 0.3 is 0 Å². The number of nitrogens with one attached hydrogen (secondary N) is 1. The van der Waals surface area contributed by atoms with Crippen molar-refractivity contribution >= 4 is 0 Å². The predicted molar refractivity (Wildman–Crippen MR) is 73.0 cm³/mol. The number of hydrogen-bond donors (Lipinski definition) is 1. The smallest absolute Gasteiger partial charge is 0.00684 e. The average Bonchev–Trinajstić information content (AvgIpc) is 2.96. The number of unbranched alkanes of at least 4 members (excludes halogenated alkanes) is 2. The summed E-state index contributed by atoms with van der Waals surface area (Å²) in [6, 6.07) is 0.900. The minimum Gasteiger partial charge on any atom is -0.313 e. The summed E-state index contributed by atoms with van der Waals surface area (Å²) in [6.45, 7) is 3.68. The molecule has 3 atom stereocenters. The Hall–Kier alpha value is -0.0400. The zero-order chi connectivity index (χ0) is 11.7. The third-order valence-electron chi connectivity index (χ3n) is 5.70. The lowest BCUT2D eigenvalue weighted by atomic mass is 9.69. The minimum atomic E-state index is 0.723. The molecule has 0 amide bonds. The molecule has 3 rings (SSSR count). The summed E-state index contributed by atoms with van der Waals surface area (Å²) in [5, 5.41) is 3.85. The van der Waals surface area contributed by atoms with Gasteiger partial charge in [0.05, 0.1) is 0 Å². The zero-order valence-electron chi connectivity index (χ0n) is 11.5. The monoisotopic (exact) mass is 235 g/mol. The molecule has 0 spiro atoms. The summed E-state index contributed by atoms with van der Waals surface area (Å²) >= 11 is 0. The van der Waals surface area contributed by atoms with Crippen LogP contribution in [0.5, 0.6) is 0 Å². The van der Waals surface area contributed by atoms with Gasteiger partial charge in [0.1, 0.15) is 0 Å². The van der Waals surface area contributed by atoms with E-state index in [1.807, 2.05) is 0 Å². The van der Waals surface area contributed by atoms with E-state index >= 15 is 0 Å². The van der Waals surface area contributed by atoms with Gasteiger partial charge in [0.25, 0.3) is 0 Å². The molecule has 98 valence electrons. The maximum atomic E-state index is 3.85. The Morgan fingerprint density at radius 2 is 2.00 bits per heavy atom. The van der Waals surface area contributed by atoms with E-state index in [4.69, 9.17) is 0 Å². The SMILES string of the molecule is CCCCCC1(CNC2CC2)CC2CCC1C2. The predicted octanol–water partition coefficient (Wildman–Crippen LogP) is 4.13. The summed E-state index contributed by atoms with van der Waals surface area (Å²) in [5.41, 5.74) is 0.723. The van der Waals surface area contributed by atoms with Crippen molar-refractivity contribution in [1.29, 1.82) is 0 Å². The summed E-state index contributed by atoms with van der Waals surface area (Å²) < 4.78 is 0. The highest BCUT2D eigenvalue weighted by Crippen LogP contribution is 2.58. The molecular weight excluding hydrogens is 206 g/mol. The quantitative estimate of drug-likeness (QED) is 0.654. The maximum absolute atomic E-state index is 3.85. The maximum Gasteiger partial charge on any atom is 0.00684 e. The largest absolute Gasteiger partial charge is 0.313 e. The first-order valence-electron chi connectivity index (χ1n) is 8.06. The van der Waals surface area contributed by atoms with Crippen molar-refractivity contribution in [3.8, 4) is 0 Å². The van der Waals surface area contributed by atoms with E-state index in [1.54, 1.807) is 25.7 Å². The van der Waals surface area contributed by atoms with Crippen LogP contribution in [0.25, 0.3) is 0 Å². The molecule has 17 heavy (non-hydrogen) atoms. The fourth-order valence-electron chi connectivity index (χ4n) is 4.53. The zero-order valence-corrected chi connectivity index (χ0v) is 11.5. The van der Waals surface area contributed by atoms with Crippen LogP contribution in [0, 0.1) is 17.3 Å². The molecule has 3 saturated carbocycles. The minimum absolute atomic E-state index is 0.723. The molecule has 3 fully saturated rings. The highest BCUT2D eigenvalue weighted by molar-refractivity contribution is 5.02. The van der Waals surface area contributed by atoms with E-state index in [1.165, 1.54) is 45.1 Å². The van der Waals surface area contributed by atoms with Crippen molar-refractivity contribution < 1.29 is 0 Å². The van der Waals surface area contributed by atoms with Crippen molar-refractivity contribution in [3.63, 3.8) is 0 Å². The first-order valence-corrected chi connectivity index (χ1v) is 8.06. The molecule has 1 nitrogen and oxygen atoms in total. The lowest BCUT2D eigenvalue weighted by molar-refractivity contribution is 0.137. The van der Waals surface area contributed by atoms with Crippen LogP contribution in [-0.2, 0) is 0 Å². The van der Waals surface area contributed by atoms with E-state index in [2.05, 4.69) is 12.2 Å². The van der Waals surface area contributed by atoms with Gasteiger partial charge in [0, 0.05) is 12.6 Å². The Morgan fingerprint density at radius 3 is 2.59 bits per heavy atom. The first kappa shape index (κ1) is 12.0. The van der Waals surface area contributed by atoms with Crippen LogP contribution in [-0.4, -0.2) is 12.6 Å². The number of rotatable bonds is 7. The highest BCUT2D eigenvalue weighted by atomic mass is 15.0. The van der Waals surface area contributed by atoms with E-state index in [-0.39, 0.29) is 0 Å². The van der Waals surface area contributed by atoms with E-state index in [0.717, 1.165) is 23.3 Å². The van der Waals surface area contributed by atoms with Crippen LogP contribution < -0.4 is 5.32 Å². The Morgan fingerprint density at radius 1 is 1.12 bits per heavy atom. The average molecular weight is 235 g/mol. The Labute approximate surface area is 107 Å². The lowest BCUT2D eigenvalue weighted by Gasteiger charge is -2.38. The third-order valence-corrected chi connectivity index (χ3v) is 5.70. The van der Waals surface area contributed by atoms with Crippen LogP contribution >= 0.6 is 0 Å². The molecule has 2 bridgehead atoms. The summed E-state index contributed by atoms with van der Waals surface area (Å²) in [4.78, 5) is 0. The Balaban J connectivity index is 1.58. The summed E-state index contributed by atoms with van der Waals surface area (Å²) in [6.07, 6.45) is 14.9. The van der Waals surface area contributed by atoms with Gasteiger partial charge in [-0.1, -0.05) is 32.6 Å². The van der Waals surface area contributed by atoms with Crippen molar-refractivity contribution in [2.45, 2.75) is 77.2 Å². The lowest BCUT2D eigenvalue weighted by Crippen LogP contribution is -2.39. The van der Waals surface area contributed by atoms with Gasteiger partial charge in [0.15, 0.2) is 0 Å². The molecule has 3 aliphatic rings. The second kappa shape index (κ2) is 4.91. The van der Waals surface area contributed by atoms with Crippen LogP contribution in [0.4, 0.5) is 0 Å². The fourth-order valence-corrected chi connectivity index (χ4v) is 4.53. The molecule has 0 aromatic heterocycles. The molecule has 0 aromatic carbocycles. The van der Waals surface area contributed by atoms with Crippen molar-refractivity contribution in [2.24, 2.45) is 17.3 Å². The van der Waals surface area contributed by atoms with Crippen molar-refractivity contribution in [2.75, 3.05) is 6.54 Å². The molecule has 0 heterocycles. The molecule has 0 saturated heterocycles. The Kier molecular flexibility index (Phi) is 3.47. The van der Waals surface area contributed by atoms with Crippen molar-refractivity contribution in [3.05, 3.63) is 0 Å². The van der Waals surface area contributed by atoms with Crippen LogP contribution in [0.2, 0.25) is 0 Å². The van der Waals surface area contributed by atoms with Gasteiger partial charge in [-0.15, -0.1) is 0 Å². The fraction of sp³-hybridized carbons (Fsp3) is 1.00. The number of hydrogen-bond acceptors (Lipinski definition) is 1. The van der Waals surface area contributed by atoms with Crippen molar-refractivity contribution in [1.82, 2.24) is 5.32 Å².